The molecule has 1 unspecified atom stereocenters. The molecule has 3 aliphatic rings. The second-order valence-corrected chi connectivity index (χ2v) is 16.4. The van der Waals surface area contributed by atoms with E-state index in [0.717, 1.165) is 25.7 Å². The summed E-state index contributed by atoms with van der Waals surface area (Å²) < 4.78 is 54.1. The van der Waals surface area contributed by atoms with E-state index in [0.29, 0.717) is 30.1 Å². The Kier molecular flexibility index (Phi) is 12.2. The molecule has 1 N–H and O–H groups in total. The molecule has 3 saturated carbocycles. The zero-order valence-corrected chi connectivity index (χ0v) is 32.0. The molecule has 0 radical (unpaired) electrons. The summed E-state index contributed by atoms with van der Waals surface area (Å²) in [5.74, 6) is -5.70. The number of alkyl halides is 2. The number of benzene rings is 1. The number of fused-ring (bicyclic) bond motifs is 2. The molecule has 0 aliphatic heterocycles. The van der Waals surface area contributed by atoms with Crippen molar-refractivity contribution in [1.82, 2.24) is 15.3 Å². The molecule has 1 amide bonds. The fourth-order valence-corrected chi connectivity index (χ4v) is 8.29. The van der Waals surface area contributed by atoms with Crippen LogP contribution < -0.4 is 14.8 Å². The van der Waals surface area contributed by atoms with Crippen LogP contribution in [0, 0.1) is 46.8 Å². The van der Waals surface area contributed by atoms with E-state index in [2.05, 4.69) is 28.4 Å². The Morgan fingerprint density at radius 3 is 2.40 bits per heavy atom. The highest BCUT2D eigenvalue weighted by Gasteiger charge is 2.56. The highest BCUT2D eigenvalue weighted by molar-refractivity contribution is 5.94. The number of ketones is 1. The number of nitrogens with zero attached hydrogens (tertiary/aromatic N) is 2. The van der Waals surface area contributed by atoms with E-state index < -0.39 is 64.9 Å². The molecule has 1 aromatic heterocycles. The van der Waals surface area contributed by atoms with Crippen molar-refractivity contribution in [3.05, 3.63) is 49.2 Å². The maximum atomic E-state index is 15.4. The summed E-state index contributed by atoms with van der Waals surface area (Å²) >= 11 is 0. The van der Waals surface area contributed by atoms with E-state index in [1.807, 2.05) is 47.6 Å². The predicted octanol–water partition coefficient (Wildman–Crippen LogP) is 8.23. The van der Waals surface area contributed by atoms with Crippen molar-refractivity contribution >= 4 is 28.9 Å². The van der Waals surface area contributed by atoms with Gasteiger partial charge in [-0.05, 0) is 85.8 Å². The molecular formula is C41H55F2N3O7. The highest BCUT2D eigenvalue weighted by atomic mass is 19.3. The topological polar surface area (TPSA) is 126 Å². The van der Waals surface area contributed by atoms with Gasteiger partial charge in [0.05, 0.1) is 36.7 Å². The number of esters is 1. The Hall–Kier alpha value is -4.09. The fourth-order valence-electron chi connectivity index (χ4n) is 8.29. The first kappa shape index (κ1) is 40.1. The summed E-state index contributed by atoms with van der Waals surface area (Å²) in [6, 6.07) is 3.64. The summed E-state index contributed by atoms with van der Waals surface area (Å²) in [6.07, 6.45) is 4.56. The number of carbonyl (C=O) groups excluding carboxylic acids is 3. The van der Waals surface area contributed by atoms with Crippen LogP contribution in [0.3, 0.4) is 0 Å². The van der Waals surface area contributed by atoms with Crippen molar-refractivity contribution in [2.75, 3.05) is 13.7 Å². The predicted molar refractivity (Wildman–Crippen MR) is 197 cm³/mol. The van der Waals surface area contributed by atoms with Crippen LogP contribution in [-0.2, 0) is 25.0 Å². The van der Waals surface area contributed by atoms with Crippen LogP contribution in [0.4, 0.5) is 13.6 Å². The first-order valence-corrected chi connectivity index (χ1v) is 18.9. The van der Waals surface area contributed by atoms with Crippen LogP contribution in [0.15, 0.2) is 43.5 Å². The van der Waals surface area contributed by atoms with Gasteiger partial charge >= 0.3 is 18.0 Å². The zero-order valence-electron chi connectivity index (χ0n) is 32.0. The van der Waals surface area contributed by atoms with Crippen molar-refractivity contribution in [2.45, 2.75) is 104 Å². The molecule has 53 heavy (non-hydrogen) atoms. The van der Waals surface area contributed by atoms with Crippen molar-refractivity contribution in [2.24, 2.45) is 46.8 Å². The number of amides is 1. The SMILES string of the molecule is C=CCC[C@@H]1[C@H]2C[C@H]2C[C@H]1OC(=O)N[C@H](C(=O)C1C[C@H](Oc2nc3cc(OC)ccc3nc2C(F)(F)C=C)[C@@H](CC)[C@H]1C(=O)OCC(C)C)C(C)(C)C. The molecule has 9 atom stereocenters. The molecule has 1 aromatic carbocycles. The number of methoxy groups -OCH3 is 1. The molecular weight excluding hydrogens is 684 g/mol. The number of aromatic nitrogens is 2. The number of carbonyl (C=O) groups is 3. The van der Waals surface area contributed by atoms with Gasteiger partial charge in [0.15, 0.2) is 11.5 Å². The summed E-state index contributed by atoms with van der Waals surface area (Å²) in [7, 11) is 1.48. The van der Waals surface area contributed by atoms with Gasteiger partial charge in [0.2, 0.25) is 5.88 Å². The average Bonchev–Trinajstić information content (AvgIpc) is 3.65. The first-order valence-electron chi connectivity index (χ1n) is 18.9. The monoisotopic (exact) mass is 739 g/mol. The Bertz CT molecular complexity index is 1690. The van der Waals surface area contributed by atoms with Gasteiger partial charge in [0, 0.05) is 17.9 Å². The van der Waals surface area contributed by atoms with Gasteiger partial charge < -0.3 is 24.3 Å². The van der Waals surface area contributed by atoms with Crippen LogP contribution >= 0.6 is 0 Å². The van der Waals surface area contributed by atoms with Crippen LogP contribution in [0.25, 0.3) is 11.0 Å². The van der Waals surface area contributed by atoms with E-state index in [1.165, 1.54) is 13.2 Å². The maximum absolute atomic E-state index is 15.4. The standard InChI is InChI=1S/C41H55F2N3O7/c1-10-13-14-26-27-17-23(27)18-31(26)53-39(49)46-35(40(6,7)8)34(47)28-20-32(25(11-2)33(28)38(48)51-21-22(4)5)52-37-36(41(42,43)12-3)44-29-16-15-24(50-9)19-30(29)45-37/h10,12,15-16,19,22-23,25-28,31-33,35H,1,3,11,13-14,17-18,20-21H2,2,4-9H3,(H,46,49)/t23-,25+,26+,27-,28?,31+,32-,33+,35+/m0/s1. The van der Waals surface area contributed by atoms with Gasteiger partial charge in [0.25, 0.3) is 0 Å². The van der Waals surface area contributed by atoms with Crippen LogP contribution in [-0.4, -0.2) is 59.8 Å². The number of rotatable bonds is 16. The summed E-state index contributed by atoms with van der Waals surface area (Å²) in [4.78, 5) is 50.8. The number of ether oxygens (including phenoxy) is 4. The van der Waals surface area contributed by atoms with Crippen LogP contribution in [0.5, 0.6) is 11.6 Å². The van der Waals surface area contributed by atoms with Gasteiger partial charge in [-0.3, -0.25) is 9.59 Å². The van der Waals surface area contributed by atoms with E-state index in [9.17, 15) is 14.4 Å². The third-order valence-electron chi connectivity index (χ3n) is 11.1. The molecule has 5 rings (SSSR count). The van der Waals surface area contributed by atoms with E-state index in [-0.39, 0.29) is 47.8 Å². The van der Waals surface area contributed by atoms with Crippen molar-refractivity contribution < 1.29 is 42.1 Å². The van der Waals surface area contributed by atoms with Crippen molar-refractivity contribution in [3.8, 4) is 11.6 Å². The molecule has 10 nitrogen and oxygen atoms in total. The Morgan fingerprint density at radius 1 is 1.04 bits per heavy atom. The van der Waals surface area contributed by atoms with Crippen molar-refractivity contribution in [1.29, 1.82) is 0 Å². The smallest absolute Gasteiger partial charge is 0.408 e. The zero-order chi connectivity index (χ0) is 38.8. The van der Waals surface area contributed by atoms with E-state index >= 15 is 8.78 Å². The maximum Gasteiger partial charge on any atom is 0.408 e. The lowest BCUT2D eigenvalue weighted by Crippen LogP contribution is -2.53. The van der Waals surface area contributed by atoms with Gasteiger partial charge in [-0.1, -0.05) is 54.2 Å². The van der Waals surface area contributed by atoms with Crippen LogP contribution in [0.1, 0.15) is 85.8 Å². The number of hydrogen-bond acceptors (Lipinski definition) is 9. The van der Waals surface area contributed by atoms with Crippen molar-refractivity contribution in [3.63, 3.8) is 0 Å². The molecule has 290 valence electrons. The number of allylic oxidation sites excluding steroid dienone is 2. The third-order valence-corrected chi connectivity index (χ3v) is 11.1. The molecule has 3 fully saturated rings. The molecule has 12 heteroatoms. The summed E-state index contributed by atoms with van der Waals surface area (Å²) in [5.41, 5.74) is -1.05. The summed E-state index contributed by atoms with van der Waals surface area (Å²) in [5, 5.41) is 2.87. The fraction of sp³-hybridized carbons (Fsp3) is 0.634. The molecule has 1 heterocycles. The molecule has 0 spiro atoms. The average molecular weight is 740 g/mol. The number of alkyl carbamates (subject to hydrolysis) is 1. The van der Waals surface area contributed by atoms with Gasteiger partial charge in [-0.2, -0.15) is 8.78 Å². The quantitative estimate of drug-likeness (QED) is 0.134. The molecule has 3 aliphatic carbocycles. The second-order valence-electron chi connectivity index (χ2n) is 16.4. The molecule has 2 aromatic rings. The highest BCUT2D eigenvalue weighted by Crippen LogP contribution is 2.57. The summed E-state index contributed by atoms with van der Waals surface area (Å²) in [6.45, 7) is 18.4. The minimum Gasteiger partial charge on any atom is -0.497 e. The minimum absolute atomic E-state index is 0.00532. The second kappa shape index (κ2) is 16.1. The number of Topliss-reactive ketones (excluding diaryl/α,β-unsaturated/α-hetero) is 1. The normalized spacial score (nSPS) is 27.1. The largest absolute Gasteiger partial charge is 0.497 e. The van der Waals surface area contributed by atoms with Crippen LogP contribution in [0.2, 0.25) is 0 Å². The van der Waals surface area contributed by atoms with Gasteiger partial charge in [-0.15, -0.1) is 6.58 Å². The Labute approximate surface area is 311 Å². The number of hydrogen-bond donors (Lipinski definition) is 1. The number of halogens is 2. The van der Waals surface area contributed by atoms with Gasteiger partial charge in [-0.25, -0.2) is 14.8 Å². The minimum atomic E-state index is -3.60. The molecule has 0 bridgehead atoms. The lowest BCUT2D eigenvalue weighted by Gasteiger charge is -2.34. The first-order chi connectivity index (χ1) is 25.0. The molecule has 0 saturated heterocycles. The Morgan fingerprint density at radius 2 is 1.77 bits per heavy atom. The lowest BCUT2D eigenvalue weighted by molar-refractivity contribution is -0.155. The third kappa shape index (κ3) is 8.83. The Balaban J connectivity index is 1.46. The lowest BCUT2D eigenvalue weighted by atomic mass is 9.76. The van der Waals surface area contributed by atoms with E-state index in [1.54, 1.807) is 12.1 Å². The van der Waals surface area contributed by atoms with E-state index in [4.69, 9.17) is 18.9 Å². The van der Waals surface area contributed by atoms with Gasteiger partial charge in [0.1, 0.15) is 18.0 Å². The number of nitrogens with one attached hydrogen (secondary N) is 1.